The molecule has 16 nitrogen and oxygen atoms in total. The number of nitrogens with zero attached hydrogens (tertiary/aromatic N) is 1. The van der Waals surface area contributed by atoms with E-state index in [1.165, 1.54) is 21.0 Å². The zero-order chi connectivity index (χ0) is 39.4. The molecule has 4 aliphatic rings. The highest BCUT2D eigenvalue weighted by Gasteiger charge is 2.52. The predicted molar refractivity (Wildman–Crippen MR) is 186 cm³/mol. The fourth-order valence-electron chi connectivity index (χ4n) is 7.88. The smallest absolute Gasteiger partial charge is 0.309 e. The summed E-state index contributed by atoms with van der Waals surface area (Å²) in [5.41, 5.74) is -1.48. The van der Waals surface area contributed by atoms with Gasteiger partial charge in [0.25, 0.3) is 0 Å². The Hall–Kier alpha value is -2.09. The lowest BCUT2D eigenvalue weighted by molar-refractivity contribution is -0.344. The van der Waals surface area contributed by atoms with E-state index in [4.69, 9.17) is 37.9 Å². The van der Waals surface area contributed by atoms with Gasteiger partial charge in [0.05, 0.1) is 48.6 Å². The number of ether oxygens (including phenoxy) is 8. The van der Waals surface area contributed by atoms with Crippen LogP contribution in [-0.4, -0.2) is 162 Å². The molecule has 0 aromatic heterocycles. The number of fused-ring (bicyclic) bond motifs is 1. The highest BCUT2D eigenvalue weighted by molar-refractivity contribution is 5.72. The molecule has 0 spiro atoms. The quantitative estimate of drug-likeness (QED) is 0.110. The number of aldehydes is 1. The molecule has 4 N–H and O–H groups in total. The third kappa shape index (κ3) is 11.3. The van der Waals surface area contributed by atoms with Crippen LogP contribution < -0.4 is 0 Å². The van der Waals surface area contributed by atoms with E-state index in [2.05, 4.69) is 0 Å². The van der Waals surface area contributed by atoms with Crippen molar-refractivity contribution in [1.29, 1.82) is 0 Å². The summed E-state index contributed by atoms with van der Waals surface area (Å²) in [7, 11) is 4.85. The van der Waals surface area contributed by atoms with Crippen molar-refractivity contribution < 1.29 is 72.7 Å². The number of hydrogen-bond acceptors (Lipinski definition) is 16. The molecule has 3 saturated heterocycles. The summed E-state index contributed by atoms with van der Waals surface area (Å²) in [6.07, 6.45) is -8.14. The second-order valence-electron chi connectivity index (χ2n) is 15.6. The van der Waals surface area contributed by atoms with Gasteiger partial charge < -0.3 is 68.0 Å². The van der Waals surface area contributed by atoms with Crippen molar-refractivity contribution in [2.75, 3.05) is 21.2 Å². The molecule has 18 unspecified atom stereocenters. The first-order chi connectivity index (χ1) is 24.9. The van der Waals surface area contributed by atoms with Gasteiger partial charge in [0.15, 0.2) is 12.6 Å². The summed E-state index contributed by atoms with van der Waals surface area (Å²) in [6.45, 7) is 9.62. The van der Waals surface area contributed by atoms with Gasteiger partial charge in [-0.25, -0.2) is 0 Å². The van der Waals surface area contributed by atoms with Crippen molar-refractivity contribution in [3.8, 4) is 0 Å². The van der Waals surface area contributed by atoms with Crippen LogP contribution in [0.15, 0.2) is 12.2 Å². The predicted octanol–water partition coefficient (Wildman–Crippen LogP) is 0.628. The minimum absolute atomic E-state index is 0.0326. The van der Waals surface area contributed by atoms with E-state index in [1.807, 2.05) is 6.92 Å². The molecule has 0 radical (unpaired) electrons. The maximum Gasteiger partial charge on any atom is 0.309 e. The lowest BCUT2D eigenvalue weighted by atomic mass is 9.82. The Morgan fingerprint density at radius 1 is 1.00 bits per heavy atom. The minimum Gasteiger partial charge on any atom is -0.462 e. The van der Waals surface area contributed by atoms with Crippen LogP contribution in [-0.2, 0) is 52.3 Å². The number of epoxide rings is 1. The van der Waals surface area contributed by atoms with Crippen molar-refractivity contribution >= 4 is 18.2 Å². The first-order valence-electron chi connectivity index (χ1n) is 18.6. The third-order valence-electron chi connectivity index (χ3n) is 10.8. The number of hydrogen-bond donors (Lipinski definition) is 4. The van der Waals surface area contributed by atoms with Gasteiger partial charge in [-0.3, -0.25) is 9.59 Å². The minimum atomic E-state index is -1.48. The van der Waals surface area contributed by atoms with Crippen molar-refractivity contribution in [2.24, 2.45) is 11.8 Å². The van der Waals surface area contributed by atoms with Gasteiger partial charge >= 0.3 is 11.9 Å². The Kier molecular flexibility index (Phi) is 15.4. The maximum absolute atomic E-state index is 13.3. The number of carbonyl (C=O) groups is 3. The summed E-state index contributed by atoms with van der Waals surface area (Å²) in [5, 5.41) is 44.3. The normalized spacial score (nSPS) is 45.9. The average molecular weight is 760 g/mol. The number of aliphatic hydroxyl groups is 4. The number of aliphatic hydroxyl groups excluding tert-OH is 3. The molecule has 0 aliphatic carbocycles. The van der Waals surface area contributed by atoms with Crippen LogP contribution in [0.3, 0.4) is 0 Å². The molecule has 0 saturated carbocycles. The lowest BCUT2D eigenvalue weighted by Gasteiger charge is -2.50. The molecule has 16 heteroatoms. The molecule has 0 aromatic carbocycles. The average Bonchev–Trinajstić information content (AvgIpc) is 3.80. The Labute approximate surface area is 311 Å². The van der Waals surface area contributed by atoms with Gasteiger partial charge in [-0.05, 0) is 60.0 Å². The lowest BCUT2D eigenvalue weighted by Crippen LogP contribution is -2.65. The number of rotatable bonds is 9. The SMILES string of the molecule is COC1C(OC(C)=O)CC(=O)OC(C)CC2OC2C=CC(O)C(C)CC(CC=O)C1OC1OC(C)C(OC2CC(C)(O)C(O)C(C)O2)C(N(C)C)C1O. The Balaban J connectivity index is 1.68. The summed E-state index contributed by atoms with van der Waals surface area (Å²) in [4.78, 5) is 39.7. The maximum atomic E-state index is 13.3. The largest absolute Gasteiger partial charge is 0.462 e. The summed E-state index contributed by atoms with van der Waals surface area (Å²) >= 11 is 0. The second kappa shape index (κ2) is 18.7. The van der Waals surface area contributed by atoms with E-state index in [9.17, 15) is 34.8 Å². The number of methoxy groups -OCH3 is 1. The molecule has 18 atom stereocenters. The van der Waals surface area contributed by atoms with E-state index in [0.29, 0.717) is 12.7 Å². The van der Waals surface area contributed by atoms with Crippen LogP contribution in [0.4, 0.5) is 0 Å². The Morgan fingerprint density at radius 3 is 2.30 bits per heavy atom. The van der Waals surface area contributed by atoms with Crippen LogP contribution in [0.1, 0.15) is 73.6 Å². The number of esters is 2. The zero-order valence-electron chi connectivity index (χ0n) is 32.3. The van der Waals surface area contributed by atoms with Crippen molar-refractivity contribution in [3.05, 3.63) is 12.2 Å². The molecule has 4 aliphatic heterocycles. The van der Waals surface area contributed by atoms with Gasteiger partial charge in [0.1, 0.15) is 49.0 Å². The van der Waals surface area contributed by atoms with Crippen LogP contribution in [0.5, 0.6) is 0 Å². The monoisotopic (exact) mass is 759 g/mol. The van der Waals surface area contributed by atoms with E-state index < -0.39 is 115 Å². The number of cyclic esters (lactones) is 1. The van der Waals surface area contributed by atoms with E-state index in [1.54, 1.807) is 51.9 Å². The Bertz CT molecular complexity index is 1250. The first-order valence-corrected chi connectivity index (χ1v) is 18.6. The van der Waals surface area contributed by atoms with Gasteiger partial charge in [-0.1, -0.05) is 19.1 Å². The van der Waals surface area contributed by atoms with Gasteiger partial charge in [-0.2, -0.15) is 0 Å². The Morgan fingerprint density at radius 2 is 1.70 bits per heavy atom. The highest BCUT2D eigenvalue weighted by atomic mass is 16.7. The second-order valence-corrected chi connectivity index (χ2v) is 15.6. The van der Waals surface area contributed by atoms with Crippen LogP contribution in [0.25, 0.3) is 0 Å². The molecule has 4 heterocycles. The van der Waals surface area contributed by atoms with Crippen LogP contribution >= 0.6 is 0 Å². The summed E-state index contributed by atoms with van der Waals surface area (Å²) in [5.74, 6) is -2.44. The molecule has 3 fully saturated rings. The highest BCUT2D eigenvalue weighted by Crippen LogP contribution is 2.37. The van der Waals surface area contributed by atoms with Gasteiger partial charge in [0.2, 0.25) is 0 Å². The van der Waals surface area contributed by atoms with Gasteiger partial charge in [0, 0.05) is 33.3 Å². The molecular formula is C37H61NO15. The molecule has 4 rings (SSSR count). The van der Waals surface area contributed by atoms with Crippen molar-refractivity contribution in [2.45, 2.75) is 171 Å². The van der Waals surface area contributed by atoms with Crippen LogP contribution in [0.2, 0.25) is 0 Å². The fraction of sp³-hybridized carbons (Fsp3) is 0.865. The molecule has 0 amide bonds. The van der Waals surface area contributed by atoms with E-state index in [0.717, 1.165) is 0 Å². The molecule has 304 valence electrons. The first kappa shape index (κ1) is 43.6. The van der Waals surface area contributed by atoms with Crippen molar-refractivity contribution in [3.63, 3.8) is 0 Å². The van der Waals surface area contributed by atoms with Crippen molar-refractivity contribution in [1.82, 2.24) is 4.90 Å². The molecule has 53 heavy (non-hydrogen) atoms. The number of likely N-dealkylation sites (N-methyl/N-ethyl adjacent to an activating group) is 1. The topological polar surface area (TPSA) is 213 Å². The molecule has 0 bridgehead atoms. The summed E-state index contributed by atoms with van der Waals surface area (Å²) in [6, 6.07) is -0.753. The zero-order valence-corrected chi connectivity index (χ0v) is 32.3. The summed E-state index contributed by atoms with van der Waals surface area (Å²) < 4.78 is 48.1. The fourth-order valence-corrected chi connectivity index (χ4v) is 7.88. The molecular weight excluding hydrogens is 698 g/mol. The van der Waals surface area contributed by atoms with Crippen LogP contribution in [0, 0.1) is 11.8 Å². The molecule has 0 aromatic rings. The third-order valence-corrected chi connectivity index (χ3v) is 10.8. The number of carbonyl (C=O) groups excluding carboxylic acids is 3. The van der Waals surface area contributed by atoms with E-state index >= 15 is 0 Å². The van der Waals surface area contributed by atoms with E-state index in [-0.39, 0.29) is 31.5 Å². The van der Waals surface area contributed by atoms with Gasteiger partial charge in [-0.15, -0.1) is 0 Å². The standard InChI is InChI=1S/C37H61NO15/c1-18-14-23(12-13-39)33(34(46-9)27(50-22(5)40)16-28(42)47-19(2)15-26-25(51-26)11-10-24(18)41)53-36-31(43)30(38(7)8)32(20(3)49-36)52-29-17-37(6,45)35(44)21(4)48-29/h10-11,13,18-21,23-27,29-36,41,43-45H,12,14-17H2,1-9H3.